The van der Waals surface area contributed by atoms with E-state index in [0.29, 0.717) is 6.42 Å². The van der Waals surface area contributed by atoms with E-state index < -0.39 is 0 Å². The molecule has 1 heterocycles. The smallest absolute Gasteiger partial charge is 0.317 e. The molecule has 0 aromatic rings. The van der Waals surface area contributed by atoms with Gasteiger partial charge in [-0.3, -0.25) is 9.59 Å². The van der Waals surface area contributed by atoms with Crippen LogP contribution in [0.2, 0.25) is 0 Å². The summed E-state index contributed by atoms with van der Waals surface area (Å²) in [6.45, 7) is 29.2. The molecule has 0 spiro atoms. The van der Waals surface area contributed by atoms with Crippen molar-refractivity contribution < 1.29 is 14.3 Å². The molecule has 0 aliphatic carbocycles. The highest BCUT2D eigenvalue weighted by atomic mass is 16.6. The van der Waals surface area contributed by atoms with E-state index in [4.69, 9.17) is 4.74 Å². The molecule has 0 bridgehead atoms. The monoisotopic (exact) mass is 1750 g/mol. The van der Waals surface area contributed by atoms with Gasteiger partial charge in [-0.25, -0.2) is 0 Å². The Bertz CT molecular complexity index is 2070. The van der Waals surface area contributed by atoms with Crippen LogP contribution in [0.25, 0.3) is 0 Å². The van der Waals surface area contributed by atoms with E-state index in [0.717, 1.165) is 18.8 Å². The van der Waals surface area contributed by atoms with Crippen LogP contribution in [0.4, 0.5) is 0 Å². The van der Waals surface area contributed by atoms with Gasteiger partial charge in [0.25, 0.3) is 0 Å². The van der Waals surface area contributed by atoms with Gasteiger partial charge in [0.05, 0.1) is 12.3 Å². The van der Waals surface area contributed by atoms with Crippen molar-refractivity contribution in [1.82, 2.24) is 0 Å². The molecular formula is C122H240O3. The lowest BCUT2D eigenvalue weighted by molar-refractivity contribution is -0.254. The van der Waals surface area contributed by atoms with E-state index in [1.54, 1.807) is 0 Å². The lowest BCUT2D eigenvalue weighted by Crippen LogP contribution is -2.67. The van der Waals surface area contributed by atoms with Gasteiger partial charge in [0.2, 0.25) is 0 Å². The van der Waals surface area contributed by atoms with Gasteiger partial charge in [0.1, 0.15) is 0 Å². The molecule has 125 heavy (non-hydrogen) atoms. The zero-order chi connectivity index (χ0) is 90.9. The SMILES string of the molecule is CCCCCCCCCCC(CCCCCCCCCC)(CCCCCCCC(C)CCCC)C(CCCCCCCCCC)(CCCCCCCCCC)C(CCCCCCCCCC)(CCCCCCCCCC)C(CCCCCCCCCC)(CCCCCCCCCC)C(CCCCCCCCCC)(CCCCCCCCCC)C1CC(=O)OC1=O. The highest BCUT2D eigenvalue weighted by Gasteiger charge is 2.73. The fraction of sp³-hybridized carbons (Fsp3) is 0.984. The minimum Gasteiger partial charge on any atom is -0.393 e. The van der Waals surface area contributed by atoms with E-state index in [-0.39, 0.29) is 44.9 Å². The first-order valence-electron chi connectivity index (χ1n) is 60.2. The molecule has 0 aromatic heterocycles. The molecule has 1 aliphatic heterocycles. The summed E-state index contributed by atoms with van der Waals surface area (Å²) in [5.41, 5.74) is -0.282. The van der Waals surface area contributed by atoms with Crippen molar-refractivity contribution >= 4 is 11.9 Å². The van der Waals surface area contributed by atoms with Crippen molar-refractivity contribution in [2.75, 3.05) is 0 Å². The Morgan fingerprint density at radius 1 is 0.200 bits per heavy atom. The molecule has 0 aromatic carbocycles. The van der Waals surface area contributed by atoms with E-state index >= 15 is 9.59 Å². The second-order valence-electron chi connectivity index (χ2n) is 44.0. The number of carbonyl (C=O) groups is 2. The Balaban J connectivity index is 5.97. The molecular weight excluding hydrogens is 1510 g/mol. The number of cyclic esters (lactones) is 2. The van der Waals surface area contributed by atoms with Crippen molar-refractivity contribution in [2.24, 2.45) is 38.9 Å². The van der Waals surface area contributed by atoms with Crippen LogP contribution in [-0.4, -0.2) is 11.9 Å². The molecule has 0 amide bonds. The van der Waals surface area contributed by atoms with Crippen molar-refractivity contribution in [3.8, 4) is 0 Å². The van der Waals surface area contributed by atoms with Crippen LogP contribution >= 0.6 is 0 Å². The molecule has 1 aliphatic rings. The number of ether oxygens (including phenoxy) is 1. The van der Waals surface area contributed by atoms with Gasteiger partial charge >= 0.3 is 11.9 Å². The minimum absolute atomic E-state index is 0.0317. The topological polar surface area (TPSA) is 43.4 Å². The summed E-state index contributed by atoms with van der Waals surface area (Å²) in [5.74, 6) is 0.300. The first kappa shape index (κ1) is 122. The van der Waals surface area contributed by atoms with E-state index in [1.165, 1.54) is 629 Å². The summed E-state index contributed by atoms with van der Waals surface area (Å²) >= 11 is 0. The van der Waals surface area contributed by atoms with Gasteiger partial charge in [-0.1, -0.05) is 655 Å². The van der Waals surface area contributed by atoms with Gasteiger partial charge in [-0.05, 0) is 104 Å². The molecule has 0 radical (unpaired) electrons. The van der Waals surface area contributed by atoms with Crippen LogP contribution in [0, 0.1) is 38.9 Å². The second-order valence-corrected chi connectivity index (χ2v) is 44.0. The molecule has 0 N–H and O–H groups in total. The molecule has 3 heteroatoms. The molecule has 2 unspecified atom stereocenters. The van der Waals surface area contributed by atoms with Crippen LogP contribution in [0.3, 0.4) is 0 Å². The summed E-state index contributed by atoms with van der Waals surface area (Å²) in [7, 11) is 0. The molecule has 3 nitrogen and oxygen atoms in total. The Labute approximate surface area is 791 Å². The van der Waals surface area contributed by atoms with Crippen LogP contribution in [-0.2, 0) is 14.3 Å². The maximum atomic E-state index is 16.9. The first-order chi connectivity index (χ1) is 61.5. The summed E-state index contributed by atoms with van der Waals surface area (Å²) < 4.78 is 6.60. The summed E-state index contributed by atoms with van der Waals surface area (Å²) in [6.07, 6.45) is 137. The largest absolute Gasteiger partial charge is 0.393 e. The van der Waals surface area contributed by atoms with Crippen LogP contribution < -0.4 is 0 Å². The zero-order valence-corrected chi connectivity index (χ0v) is 89.3. The van der Waals surface area contributed by atoms with Crippen molar-refractivity contribution in [3.05, 3.63) is 0 Å². The number of hydrogen-bond donors (Lipinski definition) is 0. The van der Waals surface area contributed by atoms with Gasteiger partial charge in [0.15, 0.2) is 0 Å². The lowest BCUT2D eigenvalue weighted by Gasteiger charge is -2.74. The second kappa shape index (κ2) is 89.7. The Kier molecular flexibility index (Phi) is 87.6. The highest BCUT2D eigenvalue weighted by molar-refractivity contribution is 5.95. The fourth-order valence-corrected chi connectivity index (χ4v) is 25.9. The predicted molar refractivity (Wildman–Crippen MR) is 565 cm³/mol. The third-order valence-corrected chi connectivity index (χ3v) is 33.5. The van der Waals surface area contributed by atoms with E-state index in [2.05, 4.69) is 83.1 Å². The van der Waals surface area contributed by atoms with Gasteiger partial charge in [-0.15, -0.1) is 0 Å². The standard InChI is InChI=1S/C122H240O3/c1-13-24-35-45-55-65-77-89-102-118(103-90-78-66-56-46-36-25-14-2,104-91-79-75-76-88-101-114(12)100-34-23-11)120(107-94-82-69-59-49-39-28-17-5,108-95-83-70-60-50-40-29-18-6)122(111-98-86-73-63-53-43-32-21-9,112-99-87-74-64-54-44-33-22-10)121(109-96-84-71-61-51-41-30-19-7,110-97-85-72-62-52-42-31-20-8)119(115-113-116(123)125-117(115)124,105-92-80-67-57-47-37-26-15-3)106-93-81-68-58-48-38-27-16-4/h114-115H,13-113H2,1-12H3. The predicted octanol–water partition coefficient (Wildman–Crippen LogP) is 44.9. The van der Waals surface area contributed by atoms with Crippen molar-refractivity contribution in [3.63, 3.8) is 0 Å². The third-order valence-electron chi connectivity index (χ3n) is 33.5. The van der Waals surface area contributed by atoms with Crippen LogP contribution in [0.5, 0.6) is 0 Å². The molecule has 2 atom stereocenters. The number of carbonyl (C=O) groups excluding carboxylic acids is 2. The third kappa shape index (κ3) is 56.9. The average molecular weight is 1760 g/mol. The maximum absolute atomic E-state index is 16.9. The van der Waals surface area contributed by atoms with Crippen LogP contribution in [0.1, 0.15) is 732 Å². The van der Waals surface area contributed by atoms with E-state index in [9.17, 15) is 0 Å². The van der Waals surface area contributed by atoms with Gasteiger partial charge < -0.3 is 4.74 Å². The Morgan fingerprint density at radius 3 is 0.576 bits per heavy atom. The van der Waals surface area contributed by atoms with Crippen LogP contribution in [0.15, 0.2) is 0 Å². The quantitative estimate of drug-likeness (QED) is 0.0346. The Hall–Kier alpha value is -0.860. The minimum atomic E-state index is -0.354. The first-order valence-corrected chi connectivity index (χ1v) is 60.2. The Morgan fingerprint density at radius 2 is 0.368 bits per heavy atom. The van der Waals surface area contributed by atoms with Crippen molar-refractivity contribution in [1.29, 1.82) is 0 Å². The molecule has 1 rings (SSSR count). The summed E-state index contributed by atoms with van der Waals surface area (Å²) in [6, 6.07) is 0. The highest BCUT2D eigenvalue weighted by Crippen LogP contribution is 2.79. The maximum Gasteiger partial charge on any atom is 0.317 e. The molecule has 1 fully saturated rings. The van der Waals surface area contributed by atoms with Gasteiger partial charge in [0, 0.05) is 0 Å². The van der Waals surface area contributed by atoms with Gasteiger partial charge in [-0.2, -0.15) is 0 Å². The zero-order valence-electron chi connectivity index (χ0n) is 89.3. The lowest BCUT2D eigenvalue weighted by atomic mass is 9.30. The normalized spacial score (nSPS) is 14.0. The average Bonchev–Trinajstić information content (AvgIpc) is 1.43. The summed E-state index contributed by atoms with van der Waals surface area (Å²) in [4.78, 5) is 32.3. The molecule has 0 saturated carbocycles. The van der Waals surface area contributed by atoms with E-state index in [1.807, 2.05) is 0 Å². The number of hydrogen-bond acceptors (Lipinski definition) is 3. The summed E-state index contributed by atoms with van der Waals surface area (Å²) in [5, 5.41) is 0. The number of esters is 2. The fourth-order valence-electron chi connectivity index (χ4n) is 25.9. The molecule has 1 saturated heterocycles. The van der Waals surface area contributed by atoms with Crippen molar-refractivity contribution in [2.45, 2.75) is 732 Å². The number of rotatable bonds is 106. The number of unbranched alkanes of at least 4 members (excludes halogenated alkanes) is 75. The molecule has 746 valence electrons.